The predicted octanol–water partition coefficient (Wildman–Crippen LogP) is 2.73. The van der Waals surface area contributed by atoms with Gasteiger partial charge in [-0.05, 0) is 19.1 Å². The van der Waals surface area contributed by atoms with E-state index in [2.05, 4.69) is 11.1 Å². The van der Waals surface area contributed by atoms with Crippen LogP contribution < -0.4 is 0 Å². The molecule has 0 spiro atoms. The molecule has 3 nitrogen and oxygen atoms in total. The van der Waals surface area contributed by atoms with Crippen LogP contribution in [0.3, 0.4) is 0 Å². The van der Waals surface area contributed by atoms with E-state index in [0.29, 0.717) is 0 Å². The second kappa shape index (κ2) is 2.81. The molecule has 0 saturated heterocycles. The summed E-state index contributed by atoms with van der Waals surface area (Å²) in [6.07, 6.45) is 0. The Hall–Kier alpha value is -1.86. The first-order valence-corrected chi connectivity index (χ1v) is 5.39. The number of nitriles is 1. The van der Waals surface area contributed by atoms with Gasteiger partial charge in [-0.3, -0.25) is 4.40 Å². The minimum atomic E-state index is 0.739. The van der Waals surface area contributed by atoms with Gasteiger partial charge in [-0.2, -0.15) is 5.26 Å². The third-order valence-electron chi connectivity index (χ3n) is 2.49. The van der Waals surface area contributed by atoms with Gasteiger partial charge in [-0.25, -0.2) is 4.98 Å². The topological polar surface area (TPSA) is 41.1 Å². The lowest BCUT2D eigenvalue weighted by Gasteiger charge is -1.92. The average molecular weight is 213 g/mol. The maximum atomic E-state index is 8.93. The zero-order valence-electron chi connectivity index (χ0n) is 8.06. The smallest absolute Gasteiger partial charge is 0.196 e. The van der Waals surface area contributed by atoms with Crippen LogP contribution in [0, 0.1) is 18.3 Å². The summed E-state index contributed by atoms with van der Waals surface area (Å²) in [4.78, 5) is 6.11. The summed E-state index contributed by atoms with van der Waals surface area (Å²) in [6.45, 7) is 1.95. The SMILES string of the molecule is Cc1c(C#N)sc2nc3ccccc3n12. The van der Waals surface area contributed by atoms with Crippen LogP contribution in [0.4, 0.5) is 0 Å². The van der Waals surface area contributed by atoms with Gasteiger partial charge in [0.2, 0.25) is 0 Å². The summed E-state index contributed by atoms with van der Waals surface area (Å²) in [5.74, 6) is 0. The lowest BCUT2D eigenvalue weighted by atomic mass is 10.3. The number of aryl methyl sites for hydroxylation is 1. The zero-order valence-corrected chi connectivity index (χ0v) is 8.88. The van der Waals surface area contributed by atoms with Crippen LogP contribution in [0.1, 0.15) is 10.6 Å². The second-order valence-corrected chi connectivity index (χ2v) is 4.32. The fourth-order valence-electron chi connectivity index (χ4n) is 1.77. The lowest BCUT2D eigenvalue weighted by Crippen LogP contribution is -1.84. The van der Waals surface area contributed by atoms with Crippen LogP contribution in [0.15, 0.2) is 24.3 Å². The average Bonchev–Trinajstić information content (AvgIpc) is 2.75. The van der Waals surface area contributed by atoms with Crippen LogP contribution >= 0.6 is 11.3 Å². The van der Waals surface area contributed by atoms with E-state index in [4.69, 9.17) is 5.26 Å². The Morgan fingerprint density at radius 3 is 3.00 bits per heavy atom. The van der Waals surface area contributed by atoms with Crippen molar-refractivity contribution in [2.75, 3.05) is 0 Å². The van der Waals surface area contributed by atoms with E-state index in [-0.39, 0.29) is 0 Å². The molecule has 4 heteroatoms. The van der Waals surface area contributed by atoms with Crippen molar-refractivity contribution in [1.82, 2.24) is 9.38 Å². The normalized spacial score (nSPS) is 10.9. The summed E-state index contributed by atoms with van der Waals surface area (Å²) in [5, 5.41) is 8.93. The molecule has 0 radical (unpaired) electrons. The van der Waals surface area contributed by atoms with Gasteiger partial charge < -0.3 is 0 Å². The predicted molar refractivity (Wildman–Crippen MR) is 60.0 cm³/mol. The van der Waals surface area contributed by atoms with Crippen molar-refractivity contribution >= 4 is 27.3 Å². The number of para-hydroxylation sites is 2. The first kappa shape index (κ1) is 8.45. The Bertz CT molecular complexity index is 700. The number of rotatable bonds is 0. The molecule has 0 atom stereocenters. The molecule has 2 heterocycles. The highest BCUT2D eigenvalue weighted by Gasteiger charge is 2.12. The van der Waals surface area contributed by atoms with Gasteiger partial charge in [0.15, 0.2) is 4.96 Å². The third kappa shape index (κ3) is 1.01. The third-order valence-corrected chi connectivity index (χ3v) is 3.54. The monoisotopic (exact) mass is 213 g/mol. The molecule has 3 aromatic rings. The van der Waals surface area contributed by atoms with E-state index < -0.39 is 0 Å². The maximum absolute atomic E-state index is 8.93. The van der Waals surface area contributed by atoms with Gasteiger partial charge in [0.1, 0.15) is 10.9 Å². The molecule has 0 aliphatic carbocycles. The Labute approximate surface area is 90.2 Å². The van der Waals surface area contributed by atoms with Crippen molar-refractivity contribution in [3.05, 3.63) is 34.8 Å². The molecule has 0 fully saturated rings. The Kier molecular flexibility index (Phi) is 1.58. The van der Waals surface area contributed by atoms with Gasteiger partial charge in [0, 0.05) is 0 Å². The van der Waals surface area contributed by atoms with E-state index in [1.165, 1.54) is 11.3 Å². The standard InChI is InChI=1S/C11H7N3S/c1-7-10(6-12)15-11-13-8-4-2-3-5-9(8)14(7)11/h2-5H,1H3. The highest BCUT2D eigenvalue weighted by molar-refractivity contribution is 7.17. The largest absolute Gasteiger partial charge is 0.286 e. The number of hydrogen-bond donors (Lipinski definition) is 0. The quantitative estimate of drug-likeness (QED) is 0.576. The zero-order chi connectivity index (χ0) is 10.4. The Morgan fingerprint density at radius 2 is 2.20 bits per heavy atom. The second-order valence-electron chi connectivity index (χ2n) is 3.35. The summed E-state index contributed by atoms with van der Waals surface area (Å²) >= 11 is 1.44. The van der Waals surface area contributed by atoms with Crippen molar-refractivity contribution in [2.45, 2.75) is 6.92 Å². The molecule has 0 saturated carbocycles. The highest BCUT2D eigenvalue weighted by Crippen LogP contribution is 2.26. The molecule has 0 unspecified atom stereocenters. The van der Waals surface area contributed by atoms with E-state index in [1.807, 2.05) is 35.6 Å². The Balaban J connectivity index is 2.58. The van der Waals surface area contributed by atoms with E-state index in [1.54, 1.807) is 0 Å². The molecule has 2 aromatic heterocycles. The fourth-order valence-corrected chi connectivity index (χ4v) is 2.70. The van der Waals surface area contributed by atoms with E-state index in [9.17, 15) is 0 Å². The van der Waals surface area contributed by atoms with Crippen LogP contribution in [0.5, 0.6) is 0 Å². The highest BCUT2D eigenvalue weighted by atomic mass is 32.1. The number of thiazole rings is 1. The van der Waals surface area contributed by atoms with Crippen LogP contribution in [0.2, 0.25) is 0 Å². The van der Waals surface area contributed by atoms with E-state index in [0.717, 1.165) is 26.6 Å². The molecule has 15 heavy (non-hydrogen) atoms. The minimum absolute atomic E-state index is 0.739. The van der Waals surface area contributed by atoms with Crippen molar-refractivity contribution in [1.29, 1.82) is 5.26 Å². The number of benzene rings is 1. The van der Waals surface area contributed by atoms with Crippen LogP contribution in [-0.4, -0.2) is 9.38 Å². The molecule has 0 aliphatic rings. The number of fused-ring (bicyclic) bond motifs is 3. The number of imidazole rings is 1. The first-order chi connectivity index (χ1) is 7.31. The summed E-state index contributed by atoms with van der Waals surface area (Å²) < 4.78 is 2.04. The number of nitrogens with zero attached hydrogens (tertiary/aromatic N) is 3. The number of aromatic nitrogens is 2. The summed E-state index contributed by atoms with van der Waals surface area (Å²) in [7, 11) is 0. The molecule has 0 amide bonds. The molecular formula is C11H7N3S. The molecule has 0 N–H and O–H groups in total. The van der Waals surface area contributed by atoms with Crippen LogP contribution in [0.25, 0.3) is 16.0 Å². The van der Waals surface area contributed by atoms with Crippen molar-refractivity contribution in [3.63, 3.8) is 0 Å². The summed E-state index contributed by atoms with van der Waals surface area (Å²) in [5.41, 5.74) is 3.03. The summed E-state index contributed by atoms with van der Waals surface area (Å²) in [6, 6.07) is 10.2. The van der Waals surface area contributed by atoms with Gasteiger partial charge in [0.25, 0.3) is 0 Å². The Morgan fingerprint density at radius 1 is 1.40 bits per heavy atom. The van der Waals surface area contributed by atoms with Crippen LogP contribution in [-0.2, 0) is 0 Å². The lowest BCUT2D eigenvalue weighted by molar-refractivity contribution is 1.16. The molecule has 0 aliphatic heterocycles. The van der Waals surface area contributed by atoms with E-state index >= 15 is 0 Å². The number of hydrogen-bond acceptors (Lipinski definition) is 3. The molecular weight excluding hydrogens is 206 g/mol. The van der Waals surface area contributed by atoms with Gasteiger partial charge in [-0.1, -0.05) is 23.5 Å². The van der Waals surface area contributed by atoms with Gasteiger partial charge in [-0.15, -0.1) is 0 Å². The van der Waals surface area contributed by atoms with Crippen molar-refractivity contribution in [3.8, 4) is 6.07 Å². The van der Waals surface area contributed by atoms with Gasteiger partial charge >= 0.3 is 0 Å². The minimum Gasteiger partial charge on any atom is -0.286 e. The van der Waals surface area contributed by atoms with Crippen molar-refractivity contribution in [2.24, 2.45) is 0 Å². The maximum Gasteiger partial charge on any atom is 0.196 e. The van der Waals surface area contributed by atoms with Gasteiger partial charge in [0.05, 0.1) is 16.7 Å². The van der Waals surface area contributed by atoms with Crippen molar-refractivity contribution < 1.29 is 0 Å². The molecule has 3 rings (SSSR count). The molecule has 0 bridgehead atoms. The first-order valence-electron chi connectivity index (χ1n) is 4.58. The molecule has 72 valence electrons. The molecule has 1 aromatic carbocycles. The fraction of sp³-hybridized carbons (Fsp3) is 0.0909.